The molecule has 0 nitrogen and oxygen atoms in total. The number of hydrogen-bond acceptors (Lipinski definition) is 0. The van der Waals surface area contributed by atoms with Crippen molar-refractivity contribution in [1.82, 2.24) is 0 Å². The maximum Gasteiger partial charge on any atom is 0.0563 e. The topological polar surface area (TPSA) is 0 Å². The zero-order valence-electron chi connectivity index (χ0n) is 8.43. The molecule has 0 aliphatic heterocycles. The zero-order chi connectivity index (χ0) is 10.1. The fourth-order valence-corrected chi connectivity index (χ4v) is 2.06. The Hall–Kier alpha value is -1.82. The lowest BCUT2D eigenvalue weighted by Gasteiger charge is -2.16. The monoisotopic (exact) mass is 192 g/mol. The molecule has 0 aromatic heterocycles. The van der Waals surface area contributed by atoms with E-state index in [4.69, 9.17) is 0 Å². The van der Waals surface area contributed by atoms with E-state index in [-0.39, 0.29) is 5.41 Å². The molecule has 0 spiro atoms. The van der Waals surface area contributed by atoms with Crippen LogP contribution in [0.1, 0.15) is 11.1 Å². The fourth-order valence-electron chi connectivity index (χ4n) is 2.06. The molecule has 0 radical (unpaired) electrons. The second-order valence-electron chi connectivity index (χ2n) is 3.93. The van der Waals surface area contributed by atoms with Crippen molar-refractivity contribution in [3.8, 4) is 0 Å². The van der Waals surface area contributed by atoms with Crippen molar-refractivity contribution in [2.75, 3.05) is 0 Å². The van der Waals surface area contributed by atoms with E-state index < -0.39 is 0 Å². The molecule has 1 aliphatic rings. The molecule has 0 atom stereocenters. The summed E-state index contributed by atoms with van der Waals surface area (Å²) in [5.41, 5.74) is 2.80. The smallest absolute Gasteiger partial charge is 0.0563 e. The Morgan fingerprint density at radius 2 is 0.933 bits per heavy atom. The molecule has 0 heteroatoms. The van der Waals surface area contributed by atoms with Gasteiger partial charge in [0.1, 0.15) is 0 Å². The van der Waals surface area contributed by atoms with Crippen molar-refractivity contribution in [3.05, 3.63) is 83.9 Å². The Morgan fingerprint density at radius 1 is 0.533 bits per heavy atom. The van der Waals surface area contributed by atoms with Crippen LogP contribution in [-0.2, 0) is 5.41 Å². The lowest BCUT2D eigenvalue weighted by atomic mass is 9.86. The molecule has 72 valence electrons. The molecule has 0 heterocycles. The van der Waals surface area contributed by atoms with Crippen LogP contribution >= 0.6 is 0 Å². The van der Waals surface area contributed by atoms with Gasteiger partial charge in [-0.05, 0) is 11.1 Å². The van der Waals surface area contributed by atoms with E-state index in [0.717, 1.165) is 0 Å². The summed E-state index contributed by atoms with van der Waals surface area (Å²) in [7, 11) is 0. The van der Waals surface area contributed by atoms with Crippen LogP contribution in [0.15, 0.2) is 72.8 Å². The van der Waals surface area contributed by atoms with Gasteiger partial charge in [-0.3, -0.25) is 0 Å². The molecule has 0 amide bonds. The third kappa shape index (κ3) is 1.30. The van der Waals surface area contributed by atoms with Gasteiger partial charge in [0.15, 0.2) is 0 Å². The van der Waals surface area contributed by atoms with Gasteiger partial charge < -0.3 is 0 Å². The van der Waals surface area contributed by atoms with Gasteiger partial charge in [0.2, 0.25) is 0 Å². The Bertz CT molecular complexity index is 432. The zero-order valence-corrected chi connectivity index (χ0v) is 8.43. The molecule has 0 unspecified atom stereocenters. The average Bonchev–Trinajstić information content (AvgIpc) is 3.13. The van der Waals surface area contributed by atoms with Gasteiger partial charge in [0, 0.05) is 0 Å². The molecule has 0 N–H and O–H groups in total. The number of allylic oxidation sites excluding steroid dienone is 2. The second kappa shape index (κ2) is 3.09. The van der Waals surface area contributed by atoms with Crippen molar-refractivity contribution >= 4 is 0 Å². The highest BCUT2D eigenvalue weighted by Crippen LogP contribution is 2.44. The number of benzene rings is 2. The Kier molecular flexibility index (Phi) is 1.75. The van der Waals surface area contributed by atoms with Crippen LogP contribution in [-0.4, -0.2) is 0 Å². The lowest BCUT2D eigenvalue weighted by Crippen LogP contribution is -2.09. The van der Waals surface area contributed by atoms with Gasteiger partial charge in [-0.1, -0.05) is 72.8 Å². The molecule has 1 aliphatic carbocycles. The molecule has 0 saturated carbocycles. The van der Waals surface area contributed by atoms with Crippen LogP contribution in [0.5, 0.6) is 0 Å². The molecule has 2 aromatic carbocycles. The van der Waals surface area contributed by atoms with Crippen molar-refractivity contribution in [3.63, 3.8) is 0 Å². The molecule has 15 heavy (non-hydrogen) atoms. The summed E-state index contributed by atoms with van der Waals surface area (Å²) in [6.07, 6.45) is 4.52. The predicted molar refractivity (Wildman–Crippen MR) is 62.8 cm³/mol. The van der Waals surface area contributed by atoms with Crippen LogP contribution in [0.4, 0.5) is 0 Å². The standard InChI is InChI=1S/C15H12/c1-3-7-13(8-4-1)15(11-12-15)14-9-5-2-6-10-14/h1-12H. The third-order valence-corrected chi connectivity index (χ3v) is 3.00. The van der Waals surface area contributed by atoms with Crippen molar-refractivity contribution < 1.29 is 0 Å². The van der Waals surface area contributed by atoms with Crippen LogP contribution < -0.4 is 0 Å². The van der Waals surface area contributed by atoms with Crippen molar-refractivity contribution in [2.45, 2.75) is 5.41 Å². The SMILES string of the molecule is C1=CC1(c1ccccc1)c1ccccc1. The summed E-state index contributed by atoms with van der Waals surface area (Å²) >= 11 is 0. The van der Waals surface area contributed by atoms with Crippen LogP contribution in [0.3, 0.4) is 0 Å². The Labute approximate surface area is 89.9 Å². The van der Waals surface area contributed by atoms with Crippen LogP contribution in [0, 0.1) is 0 Å². The minimum Gasteiger partial charge on any atom is -0.0683 e. The highest BCUT2D eigenvalue weighted by Gasteiger charge is 2.37. The van der Waals surface area contributed by atoms with Crippen LogP contribution in [0.2, 0.25) is 0 Å². The molecule has 0 saturated heterocycles. The quantitative estimate of drug-likeness (QED) is 0.638. The minimum atomic E-state index is 0.0858. The first-order valence-corrected chi connectivity index (χ1v) is 5.23. The van der Waals surface area contributed by atoms with Gasteiger partial charge in [0.25, 0.3) is 0 Å². The highest BCUT2D eigenvalue weighted by molar-refractivity contribution is 5.58. The van der Waals surface area contributed by atoms with Crippen LogP contribution in [0.25, 0.3) is 0 Å². The minimum absolute atomic E-state index is 0.0858. The van der Waals surface area contributed by atoms with Crippen molar-refractivity contribution in [1.29, 1.82) is 0 Å². The average molecular weight is 192 g/mol. The van der Waals surface area contributed by atoms with Gasteiger partial charge in [0.05, 0.1) is 5.41 Å². The summed E-state index contributed by atoms with van der Waals surface area (Å²) in [5.74, 6) is 0. The summed E-state index contributed by atoms with van der Waals surface area (Å²) in [6, 6.07) is 21.3. The first kappa shape index (κ1) is 8.49. The summed E-state index contributed by atoms with van der Waals surface area (Å²) in [5, 5.41) is 0. The van der Waals surface area contributed by atoms with E-state index >= 15 is 0 Å². The normalized spacial score (nSPS) is 16.3. The fraction of sp³-hybridized carbons (Fsp3) is 0.0667. The van der Waals surface area contributed by atoms with Gasteiger partial charge in [-0.25, -0.2) is 0 Å². The van der Waals surface area contributed by atoms with Gasteiger partial charge >= 0.3 is 0 Å². The maximum absolute atomic E-state index is 2.26. The molecule has 2 aromatic rings. The second-order valence-corrected chi connectivity index (χ2v) is 3.93. The Morgan fingerprint density at radius 3 is 1.27 bits per heavy atom. The van der Waals surface area contributed by atoms with E-state index in [1.54, 1.807) is 0 Å². The first-order chi connectivity index (χ1) is 7.42. The summed E-state index contributed by atoms with van der Waals surface area (Å²) in [6.45, 7) is 0. The maximum atomic E-state index is 2.26. The molecular formula is C15H12. The number of hydrogen-bond donors (Lipinski definition) is 0. The van der Waals surface area contributed by atoms with E-state index in [1.807, 2.05) is 0 Å². The lowest BCUT2D eigenvalue weighted by molar-refractivity contribution is 0.933. The van der Waals surface area contributed by atoms with Gasteiger partial charge in [-0.15, -0.1) is 0 Å². The third-order valence-electron chi connectivity index (χ3n) is 3.00. The Balaban J connectivity index is 2.06. The summed E-state index contributed by atoms with van der Waals surface area (Å²) in [4.78, 5) is 0. The molecule has 3 rings (SSSR count). The van der Waals surface area contributed by atoms with E-state index in [9.17, 15) is 0 Å². The van der Waals surface area contributed by atoms with Crippen molar-refractivity contribution in [2.24, 2.45) is 0 Å². The van der Waals surface area contributed by atoms with E-state index in [1.165, 1.54) is 11.1 Å². The van der Waals surface area contributed by atoms with E-state index in [0.29, 0.717) is 0 Å². The van der Waals surface area contributed by atoms with Gasteiger partial charge in [-0.2, -0.15) is 0 Å². The highest BCUT2D eigenvalue weighted by atomic mass is 14.4. The largest absolute Gasteiger partial charge is 0.0683 e. The molecular weight excluding hydrogens is 180 g/mol. The predicted octanol–water partition coefficient (Wildman–Crippen LogP) is 3.54. The molecule has 0 fully saturated rings. The number of rotatable bonds is 2. The van der Waals surface area contributed by atoms with E-state index in [2.05, 4.69) is 72.8 Å². The first-order valence-electron chi connectivity index (χ1n) is 5.23. The molecule has 0 bridgehead atoms. The summed E-state index contributed by atoms with van der Waals surface area (Å²) < 4.78 is 0.